The molecule has 0 rings (SSSR count). The molecule has 122 valence electrons. The predicted molar refractivity (Wildman–Crippen MR) is 93.1 cm³/mol. The van der Waals surface area contributed by atoms with Crippen LogP contribution in [0.15, 0.2) is 0 Å². The number of unbranched alkanes of at least 4 members (excludes halogenated alkanes) is 10. The van der Waals surface area contributed by atoms with Crippen LogP contribution in [0, 0.1) is 5.92 Å². The first-order chi connectivity index (χ1) is 9.85. The van der Waals surface area contributed by atoms with E-state index in [0.29, 0.717) is 0 Å². The van der Waals surface area contributed by atoms with Gasteiger partial charge < -0.3 is 5.73 Å². The summed E-state index contributed by atoms with van der Waals surface area (Å²) >= 11 is 0. The van der Waals surface area contributed by atoms with E-state index in [2.05, 4.69) is 13.8 Å². The van der Waals surface area contributed by atoms with Gasteiger partial charge in [-0.05, 0) is 18.9 Å². The molecule has 20 heavy (non-hydrogen) atoms. The Hall–Kier alpha value is -0.0400. The first kappa shape index (κ1) is 20.0. The van der Waals surface area contributed by atoms with Crippen LogP contribution in [0.1, 0.15) is 110 Å². The molecule has 0 saturated heterocycles. The number of nitrogens with two attached hydrogens (primary N) is 1. The zero-order valence-corrected chi connectivity index (χ0v) is 14.5. The number of hydrogen-bond donors (Lipinski definition) is 1. The van der Waals surface area contributed by atoms with Crippen molar-refractivity contribution in [2.24, 2.45) is 11.7 Å². The highest BCUT2D eigenvalue weighted by atomic mass is 14.5. The largest absolute Gasteiger partial charge is 0.330 e. The van der Waals surface area contributed by atoms with Crippen molar-refractivity contribution in [1.29, 1.82) is 0 Å². The minimum Gasteiger partial charge on any atom is -0.330 e. The summed E-state index contributed by atoms with van der Waals surface area (Å²) in [7, 11) is 0. The smallest absolute Gasteiger partial charge is 0.00746 e. The highest BCUT2D eigenvalue weighted by Crippen LogP contribution is 2.20. The molecule has 0 radical (unpaired) electrons. The third kappa shape index (κ3) is 14.4. The summed E-state index contributed by atoms with van der Waals surface area (Å²) in [6.07, 6.45) is 21.2. The molecule has 0 bridgehead atoms. The first-order valence-electron chi connectivity index (χ1n) is 9.55. The van der Waals surface area contributed by atoms with Crippen LogP contribution >= 0.6 is 0 Å². The van der Waals surface area contributed by atoms with Gasteiger partial charge in [-0.1, -0.05) is 104 Å². The average molecular weight is 284 g/mol. The lowest BCUT2D eigenvalue weighted by Crippen LogP contribution is -2.09. The molecular formula is C19H41N. The molecule has 0 spiro atoms. The van der Waals surface area contributed by atoms with Crippen LogP contribution < -0.4 is 5.73 Å². The average Bonchev–Trinajstić information content (AvgIpc) is 2.46. The quantitative estimate of drug-likeness (QED) is 0.323. The Morgan fingerprint density at radius 2 is 1.00 bits per heavy atom. The van der Waals surface area contributed by atoms with Crippen molar-refractivity contribution in [2.45, 2.75) is 110 Å². The van der Waals surface area contributed by atoms with Gasteiger partial charge in [0.2, 0.25) is 0 Å². The standard InChI is InChI=1S/C19H41N/c1-3-5-7-8-9-10-11-12-13-14-16-19(17-18-20)15-6-4-2/h19H,3-18,20H2,1-2H3. The van der Waals surface area contributed by atoms with E-state index in [9.17, 15) is 0 Å². The molecule has 1 heteroatoms. The molecule has 0 aliphatic rings. The van der Waals surface area contributed by atoms with Crippen molar-refractivity contribution >= 4 is 0 Å². The summed E-state index contributed by atoms with van der Waals surface area (Å²) in [6.45, 7) is 5.46. The number of hydrogen-bond acceptors (Lipinski definition) is 1. The molecule has 0 aromatic heterocycles. The van der Waals surface area contributed by atoms with Crippen LogP contribution in [-0.4, -0.2) is 6.54 Å². The second kappa shape index (κ2) is 17.0. The SMILES string of the molecule is CCCCCCCCCCCCC(CCN)CCCC. The van der Waals surface area contributed by atoms with Crippen LogP contribution in [0.3, 0.4) is 0 Å². The van der Waals surface area contributed by atoms with E-state index in [1.807, 2.05) is 0 Å². The Balaban J connectivity index is 3.27. The third-order valence-electron chi connectivity index (χ3n) is 4.51. The molecule has 0 fully saturated rings. The van der Waals surface area contributed by atoms with Gasteiger partial charge in [0.25, 0.3) is 0 Å². The van der Waals surface area contributed by atoms with E-state index in [0.717, 1.165) is 12.5 Å². The van der Waals surface area contributed by atoms with Gasteiger partial charge in [-0.15, -0.1) is 0 Å². The van der Waals surface area contributed by atoms with Crippen LogP contribution in [0.25, 0.3) is 0 Å². The molecule has 0 saturated carbocycles. The zero-order chi connectivity index (χ0) is 14.9. The molecule has 1 nitrogen and oxygen atoms in total. The first-order valence-corrected chi connectivity index (χ1v) is 9.55. The Morgan fingerprint density at radius 1 is 0.550 bits per heavy atom. The minimum atomic E-state index is 0.881. The summed E-state index contributed by atoms with van der Waals surface area (Å²) in [6, 6.07) is 0. The summed E-state index contributed by atoms with van der Waals surface area (Å²) in [5, 5.41) is 0. The van der Waals surface area contributed by atoms with Crippen molar-refractivity contribution < 1.29 is 0 Å². The molecule has 0 aliphatic heterocycles. The molecule has 1 unspecified atom stereocenters. The van der Waals surface area contributed by atoms with Gasteiger partial charge >= 0.3 is 0 Å². The maximum Gasteiger partial charge on any atom is -0.00746 e. The van der Waals surface area contributed by atoms with Crippen molar-refractivity contribution in [3.05, 3.63) is 0 Å². The second-order valence-corrected chi connectivity index (χ2v) is 6.56. The lowest BCUT2D eigenvalue weighted by molar-refractivity contribution is 0.391. The van der Waals surface area contributed by atoms with Crippen LogP contribution in [0.4, 0.5) is 0 Å². The number of rotatable bonds is 16. The molecule has 0 aromatic carbocycles. The van der Waals surface area contributed by atoms with Crippen molar-refractivity contribution in [3.63, 3.8) is 0 Å². The minimum absolute atomic E-state index is 0.881. The van der Waals surface area contributed by atoms with Gasteiger partial charge in [-0.25, -0.2) is 0 Å². The van der Waals surface area contributed by atoms with Crippen molar-refractivity contribution in [2.75, 3.05) is 6.54 Å². The lowest BCUT2D eigenvalue weighted by Gasteiger charge is -2.15. The Morgan fingerprint density at radius 3 is 1.50 bits per heavy atom. The molecule has 0 aliphatic carbocycles. The van der Waals surface area contributed by atoms with Gasteiger partial charge in [-0.3, -0.25) is 0 Å². The van der Waals surface area contributed by atoms with E-state index in [4.69, 9.17) is 5.73 Å². The Kier molecular flexibility index (Phi) is 17.0. The van der Waals surface area contributed by atoms with E-state index in [1.54, 1.807) is 0 Å². The third-order valence-corrected chi connectivity index (χ3v) is 4.51. The molecule has 0 aromatic rings. The van der Waals surface area contributed by atoms with E-state index in [1.165, 1.54) is 96.3 Å². The van der Waals surface area contributed by atoms with Crippen LogP contribution in [0.2, 0.25) is 0 Å². The molecular weight excluding hydrogens is 242 g/mol. The maximum absolute atomic E-state index is 5.72. The van der Waals surface area contributed by atoms with Gasteiger partial charge in [0.1, 0.15) is 0 Å². The summed E-state index contributed by atoms with van der Waals surface area (Å²) in [4.78, 5) is 0. The second-order valence-electron chi connectivity index (χ2n) is 6.56. The summed E-state index contributed by atoms with van der Waals surface area (Å²) in [5.74, 6) is 0.911. The van der Waals surface area contributed by atoms with Crippen LogP contribution in [0.5, 0.6) is 0 Å². The summed E-state index contributed by atoms with van der Waals surface area (Å²) < 4.78 is 0. The Bertz CT molecular complexity index is 167. The molecule has 0 heterocycles. The van der Waals surface area contributed by atoms with Gasteiger partial charge in [0.05, 0.1) is 0 Å². The van der Waals surface area contributed by atoms with Gasteiger partial charge in [0, 0.05) is 0 Å². The van der Waals surface area contributed by atoms with Crippen LogP contribution in [-0.2, 0) is 0 Å². The van der Waals surface area contributed by atoms with Gasteiger partial charge in [0.15, 0.2) is 0 Å². The Labute approximate surface area is 129 Å². The highest BCUT2D eigenvalue weighted by Gasteiger charge is 2.06. The predicted octanol–water partition coefficient (Wildman–Crippen LogP) is 6.45. The fourth-order valence-corrected chi connectivity index (χ4v) is 3.08. The topological polar surface area (TPSA) is 26.0 Å². The molecule has 0 amide bonds. The highest BCUT2D eigenvalue weighted by molar-refractivity contribution is 4.61. The fourth-order valence-electron chi connectivity index (χ4n) is 3.08. The lowest BCUT2D eigenvalue weighted by atomic mass is 9.92. The van der Waals surface area contributed by atoms with Crippen molar-refractivity contribution in [1.82, 2.24) is 0 Å². The monoisotopic (exact) mass is 283 g/mol. The maximum atomic E-state index is 5.72. The normalized spacial score (nSPS) is 12.8. The van der Waals surface area contributed by atoms with Crippen molar-refractivity contribution in [3.8, 4) is 0 Å². The fraction of sp³-hybridized carbons (Fsp3) is 1.00. The molecule has 1 atom stereocenters. The van der Waals surface area contributed by atoms with Gasteiger partial charge in [-0.2, -0.15) is 0 Å². The summed E-state index contributed by atoms with van der Waals surface area (Å²) in [5.41, 5.74) is 5.72. The zero-order valence-electron chi connectivity index (χ0n) is 14.5. The van der Waals surface area contributed by atoms with E-state index < -0.39 is 0 Å². The van der Waals surface area contributed by atoms with E-state index in [-0.39, 0.29) is 0 Å². The molecule has 2 N–H and O–H groups in total. The van der Waals surface area contributed by atoms with E-state index >= 15 is 0 Å².